The van der Waals surface area contributed by atoms with Crippen molar-refractivity contribution in [1.82, 2.24) is 0 Å². The Labute approximate surface area is 144 Å². The van der Waals surface area contributed by atoms with Crippen LogP contribution in [-0.4, -0.2) is 5.97 Å². The van der Waals surface area contributed by atoms with Gasteiger partial charge in [-0.3, -0.25) is 4.79 Å². The first-order chi connectivity index (χ1) is 10.1. The van der Waals surface area contributed by atoms with Gasteiger partial charge in [-0.05, 0) is 40.5 Å². The summed E-state index contributed by atoms with van der Waals surface area (Å²) in [5.41, 5.74) is 0. The van der Waals surface area contributed by atoms with E-state index in [1.807, 2.05) is 12.1 Å². The third kappa shape index (κ3) is 8.62. The van der Waals surface area contributed by atoms with Gasteiger partial charge in [-0.15, -0.1) is 0 Å². The molecule has 1 aromatic rings. The third-order valence-electron chi connectivity index (χ3n) is 3.35. The highest BCUT2D eigenvalue weighted by Gasteiger charge is 2.08. The molecule has 0 fully saturated rings. The molecule has 0 aliphatic carbocycles. The first-order valence-electron chi connectivity index (χ1n) is 7.79. The molecule has 4 heteroatoms. The predicted molar refractivity (Wildman–Crippen MR) is 94.7 cm³/mol. The number of carbonyl (C=O) groups is 1. The Kier molecular flexibility index (Phi) is 10.0. The molecule has 0 unspecified atom stereocenters. The number of carbonyl (C=O) groups excluding carboxylic acids is 1. The monoisotopic (exact) mass is 418 g/mol. The molecule has 0 aliphatic rings. The maximum absolute atomic E-state index is 11.8. The summed E-state index contributed by atoms with van der Waals surface area (Å²) in [5.74, 6) is 0.425. The number of hydrogen-bond donors (Lipinski definition) is 0. The molecule has 0 amide bonds. The van der Waals surface area contributed by atoms with Crippen LogP contribution in [-0.2, 0) is 4.79 Å². The normalized spacial score (nSPS) is 10.6. The third-order valence-corrected chi connectivity index (χ3v) is 4.50. The van der Waals surface area contributed by atoms with Crippen molar-refractivity contribution < 1.29 is 9.53 Å². The Bertz CT molecular complexity index is 433. The van der Waals surface area contributed by atoms with Crippen molar-refractivity contribution >= 4 is 37.8 Å². The molecule has 118 valence electrons. The maximum atomic E-state index is 11.8. The Balaban J connectivity index is 2.13. The molecule has 0 aromatic heterocycles. The lowest BCUT2D eigenvalue weighted by Gasteiger charge is -2.07. The molecule has 0 heterocycles. The highest BCUT2D eigenvalue weighted by Crippen LogP contribution is 2.28. The molecule has 1 rings (SSSR count). The van der Waals surface area contributed by atoms with Crippen molar-refractivity contribution in [3.8, 4) is 5.75 Å². The molecule has 0 bridgehead atoms. The molecule has 2 nitrogen and oxygen atoms in total. The van der Waals surface area contributed by atoms with Gasteiger partial charge in [0.25, 0.3) is 0 Å². The summed E-state index contributed by atoms with van der Waals surface area (Å²) in [6.07, 6.45) is 10.3. The van der Waals surface area contributed by atoms with Crippen molar-refractivity contribution in [3.05, 3.63) is 27.1 Å². The highest BCUT2D eigenvalue weighted by atomic mass is 79.9. The van der Waals surface area contributed by atoms with Crippen LogP contribution in [0.1, 0.15) is 64.7 Å². The standard InChI is InChI=1S/C17H24Br2O2/c1-2-3-4-5-6-7-8-9-10-17(20)21-16-13-14(18)11-12-15(16)19/h11-13H,2-10H2,1H3. The zero-order valence-electron chi connectivity index (χ0n) is 12.7. The van der Waals surface area contributed by atoms with Crippen molar-refractivity contribution in [2.24, 2.45) is 0 Å². The van der Waals surface area contributed by atoms with E-state index in [0.29, 0.717) is 12.2 Å². The van der Waals surface area contributed by atoms with E-state index in [-0.39, 0.29) is 5.97 Å². The fraction of sp³-hybridized carbons (Fsp3) is 0.588. The van der Waals surface area contributed by atoms with E-state index in [1.54, 1.807) is 6.07 Å². The van der Waals surface area contributed by atoms with Crippen LogP contribution in [0.3, 0.4) is 0 Å². The van der Waals surface area contributed by atoms with Crippen LogP contribution in [0.4, 0.5) is 0 Å². The van der Waals surface area contributed by atoms with Gasteiger partial charge in [0.1, 0.15) is 5.75 Å². The average Bonchev–Trinajstić information content (AvgIpc) is 2.46. The predicted octanol–water partition coefficient (Wildman–Crippen LogP) is 6.65. The van der Waals surface area contributed by atoms with E-state index in [2.05, 4.69) is 38.8 Å². The number of halogens is 2. The zero-order chi connectivity index (χ0) is 15.5. The lowest BCUT2D eigenvalue weighted by molar-refractivity contribution is -0.134. The number of unbranched alkanes of at least 4 members (excludes halogenated alkanes) is 7. The molecule has 0 saturated carbocycles. The lowest BCUT2D eigenvalue weighted by Crippen LogP contribution is -2.07. The van der Waals surface area contributed by atoms with Gasteiger partial charge < -0.3 is 4.74 Å². The lowest BCUT2D eigenvalue weighted by atomic mass is 10.1. The summed E-state index contributed by atoms with van der Waals surface area (Å²) in [6.45, 7) is 2.23. The molecule has 1 aromatic carbocycles. The topological polar surface area (TPSA) is 26.3 Å². The SMILES string of the molecule is CCCCCCCCCCC(=O)Oc1cc(Br)ccc1Br. The van der Waals surface area contributed by atoms with E-state index in [9.17, 15) is 4.79 Å². The maximum Gasteiger partial charge on any atom is 0.311 e. The van der Waals surface area contributed by atoms with E-state index in [1.165, 1.54) is 38.5 Å². The zero-order valence-corrected chi connectivity index (χ0v) is 15.8. The van der Waals surface area contributed by atoms with Gasteiger partial charge >= 0.3 is 5.97 Å². The molecule has 21 heavy (non-hydrogen) atoms. The van der Waals surface area contributed by atoms with Crippen LogP contribution < -0.4 is 4.74 Å². The van der Waals surface area contributed by atoms with E-state index in [0.717, 1.165) is 21.8 Å². The molecule has 0 atom stereocenters. The van der Waals surface area contributed by atoms with Gasteiger partial charge in [0.05, 0.1) is 4.47 Å². The van der Waals surface area contributed by atoms with Crippen molar-refractivity contribution in [2.75, 3.05) is 0 Å². The first-order valence-corrected chi connectivity index (χ1v) is 9.38. The fourth-order valence-electron chi connectivity index (χ4n) is 2.13. The summed E-state index contributed by atoms with van der Waals surface area (Å²) in [5, 5.41) is 0. The summed E-state index contributed by atoms with van der Waals surface area (Å²) >= 11 is 6.76. The number of benzene rings is 1. The fourth-order valence-corrected chi connectivity index (χ4v) is 2.80. The minimum Gasteiger partial charge on any atom is -0.425 e. The quantitative estimate of drug-likeness (QED) is 0.241. The van der Waals surface area contributed by atoms with Gasteiger partial charge in [-0.2, -0.15) is 0 Å². The number of rotatable bonds is 10. The van der Waals surface area contributed by atoms with Gasteiger partial charge in [-0.25, -0.2) is 0 Å². The molecular formula is C17H24Br2O2. The Hall–Kier alpha value is -0.350. The van der Waals surface area contributed by atoms with Gasteiger partial charge in [0, 0.05) is 10.9 Å². The van der Waals surface area contributed by atoms with Crippen LogP contribution in [0.5, 0.6) is 5.75 Å². The van der Waals surface area contributed by atoms with Crippen molar-refractivity contribution in [2.45, 2.75) is 64.7 Å². The molecule has 0 saturated heterocycles. The Morgan fingerprint density at radius 3 is 2.29 bits per heavy atom. The first kappa shape index (κ1) is 18.7. The second-order valence-corrected chi connectivity index (χ2v) is 7.04. The molecule has 0 aliphatic heterocycles. The van der Waals surface area contributed by atoms with Crippen molar-refractivity contribution in [3.63, 3.8) is 0 Å². The number of hydrogen-bond acceptors (Lipinski definition) is 2. The minimum atomic E-state index is -0.153. The minimum absolute atomic E-state index is 0.153. The Morgan fingerprint density at radius 1 is 1.00 bits per heavy atom. The van der Waals surface area contributed by atoms with Gasteiger partial charge in [0.15, 0.2) is 0 Å². The average molecular weight is 420 g/mol. The van der Waals surface area contributed by atoms with Crippen LogP contribution in [0, 0.1) is 0 Å². The van der Waals surface area contributed by atoms with E-state index >= 15 is 0 Å². The van der Waals surface area contributed by atoms with E-state index < -0.39 is 0 Å². The molecule has 0 N–H and O–H groups in total. The second kappa shape index (κ2) is 11.2. The van der Waals surface area contributed by atoms with Crippen LogP contribution in [0.25, 0.3) is 0 Å². The van der Waals surface area contributed by atoms with Crippen molar-refractivity contribution in [1.29, 1.82) is 0 Å². The van der Waals surface area contributed by atoms with Crippen LogP contribution in [0.15, 0.2) is 27.1 Å². The number of esters is 1. The van der Waals surface area contributed by atoms with Crippen LogP contribution >= 0.6 is 31.9 Å². The summed E-state index contributed by atoms with van der Waals surface area (Å²) in [7, 11) is 0. The van der Waals surface area contributed by atoms with Gasteiger partial charge in [-0.1, -0.05) is 67.8 Å². The molecular weight excluding hydrogens is 396 g/mol. The second-order valence-electron chi connectivity index (χ2n) is 5.27. The summed E-state index contributed by atoms with van der Waals surface area (Å²) in [6, 6.07) is 5.57. The smallest absolute Gasteiger partial charge is 0.311 e. The molecule has 0 spiro atoms. The summed E-state index contributed by atoms with van der Waals surface area (Å²) < 4.78 is 7.07. The van der Waals surface area contributed by atoms with Gasteiger partial charge in [0.2, 0.25) is 0 Å². The Morgan fingerprint density at radius 2 is 1.62 bits per heavy atom. The largest absolute Gasteiger partial charge is 0.425 e. The highest BCUT2D eigenvalue weighted by molar-refractivity contribution is 9.11. The van der Waals surface area contributed by atoms with E-state index in [4.69, 9.17) is 4.74 Å². The molecule has 0 radical (unpaired) electrons. The summed E-state index contributed by atoms with van der Waals surface area (Å²) in [4.78, 5) is 11.8. The van der Waals surface area contributed by atoms with Crippen LogP contribution in [0.2, 0.25) is 0 Å². The number of ether oxygens (including phenoxy) is 1.